The largest absolute Gasteiger partial charge is 0.394 e. The van der Waals surface area contributed by atoms with Crippen molar-refractivity contribution >= 4 is 0 Å². The van der Waals surface area contributed by atoms with E-state index in [9.17, 15) is 0 Å². The Balaban J connectivity index is 2.72. The lowest BCUT2D eigenvalue weighted by Gasteiger charge is -1.91. The van der Waals surface area contributed by atoms with Gasteiger partial charge in [0.25, 0.3) is 0 Å². The van der Waals surface area contributed by atoms with Crippen LogP contribution in [0.25, 0.3) is 0 Å². The maximum atomic E-state index is 8.14. The molecule has 0 aromatic carbocycles. The van der Waals surface area contributed by atoms with Crippen LogP contribution in [-0.2, 0) is 4.74 Å². The second-order valence-electron chi connectivity index (χ2n) is 1.02. The van der Waals surface area contributed by atoms with Crippen molar-refractivity contribution in [2.24, 2.45) is 16.2 Å². The van der Waals surface area contributed by atoms with Gasteiger partial charge in [0.15, 0.2) is 6.73 Å². The van der Waals surface area contributed by atoms with E-state index in [4.69, 9.17) is 5.11 Å². The summed E-state index contributed by atoms with van der Waals surface area (Å²) in [7, 11) is 0. The highest BCUT2D eigenvalue weighted by atomic mass is 16.5. The molecule has 0 saturated heterocycles. The molecule has 0 heterocycles. The maximum absolute atomic E-state index is 8.14. The van der Waals surface area contributed by atoms with Crippen LogP contribution in [0.5, 0.6) is 0 Å². The molecule has 8 heavy (non-hydrogen) atoms. The third kappa shape index (κ3) is 5.32. The zero-order valence-corrected chi connectivity index (χ0v) is 4.45. The summed E-state index contributed by atoms with van der Waals surface area (Å²) in [4.78, 5) is 0. The van der Waals surface area contributed by atoms with E-state index in [0.29, 0.717) is 0 Å². The summed E-state index contributed by atoms with van der Waals surface area (Å²) >= 11 is 0. The second-order valence-corrected chi connectivity index (χ2v) is 1.02. The lowest BCUT2D eigenvalue weighted by atomic mass is 10.8. The highest BCUT2D eigenvalue weighted by molar-refractivity contribution is 4.20. The number of hydrogen-bond donors (Lipinski definition) is 2. The van der Waals surface area contributed by atoms with Crippen molar-refractivity contribution in [2.75, 3.05) is 19.9 Å². The molecule has 0 rings (SSSR count). The molecule has 0 aliphatic carbocycles. The van der Waals surface area contributed by atoms with Gasteiger partial charge in [-0.15, -0.1) is 5.11 Å². The molecule has 0 fully saturated rings. The molecule has 0 spiro atoms. The van der Waals surface area contributed by atoms with Crippen LogP contribution in [0.3, 0.4) is 0 Å². The number of nitrogens with two attached hydrogens (primary N) is 1. The van der Waals surface area contributed by atoms with E-state index in [-0.39, 0.29) is 19.9 Å². The van der Waals surface area contributed by atoms with Crippen LogP contribution in [-0.4, -0.2) is 25.1 Å². The predicted octanol–water partition coefficient (Wildman–Crippen LogP) is -0.721. The van der Waals surface area contributed by atoms with E-state index in [0.717, 1.165) is 0 Å². The van der Waals surface area contributed by atoms with Gasteiger partial charge in [0, 0.05) is 0 Å². The quantitative estimate of drug-likeness (QED) is 0.222. The Morgan fingerprint density at radius 1 is 1.62 bits per heavy atom. The lowest BCUT2D eigenvalue weighted by molar-refractivity contribution is 0.0946. The van der Waals surface area contributed by atoms with E-state index in [1.54, 1.807) is 0 Å². The molecule has 48 valence electrons. The molecule has 5 nitrogen and oxygen atoms in total. The van der Waals surface area contributed by atoms with Crippen LogP contribution in [0, 0.1) is 0 Å². The molecule has 0 bridgehead atoms. The average Bonchev–Trinajstić information content (AvgIpc) is 1.81. The van der Waals surface area contributed by atoms with Crippen LogP contribution in [0.1, 0.15) is 0 Å². The first-order chi connectivity index (χ1) is 3.91. The SMILES string of the molecule is NN=NCOCCO. The van der Waals surface area contributed by atoms with E-state index in [2.05, 4.69) is 20.9 Å². The topological polar surface area (TPSA) is 80.2 Å². The molecule has 0 aliphatic rings. The highest BCUT2D eigenvalue weighted by Gasteiger charge is 1.78. The fraction of sp³-hybridized carbons (Fsp3) is 1.00. The Morgan fingerprint density at radius 2 is 2.38 bits per heavy atom. The highest BCUT2D eigenvalue weighted by Crippen LogP contribution is 1.73. The number of aliphatic hydroxyl groups is 1. The van der Waals surface area contributed by atoms with Gasteiger partial charge in [-0.3, -0.25) is 0 Å². The van der Waals surface area contributed by atoms with Gasteiger partial charge in [0.2, 0.25) is 0 Å². The minimum Gasteiger partial charge on any atom is -0.394 e. The molecular formula is C3H9N3O2. The van der Waals surface area contributed by atoms with Crippen LogP contribution < -0.4 is 5.84 Å². The molecule has 0 unspecified atom stereocenters. The number of nitrogens with zero attached hydrogens (tertiary/aromatic N) is 2. The summed E-state index contributed by atoms with van der Waals surface area (Å²) in [6.07, 6.45) is 0. The Hall–Kier alpha value is -0.680. The van der Waals surface area contributed by atoms with Gasteiger partial charge in [0.05, 0.1) is 13.2 Å². The first-order valence-electron chi connectivity index (χ1n) is 2.17. The monoisotopic (exact) mass is 119 g/mol. The van der Waals surface area contributed by atoms with Crippen molar-refractivity contribution in [2.45, 2.75) is 0 Å². The Bertz CT molecular complexity index is 65.5. The smallest absolute Gasteiger partial charge is 0.160 e. The first kappa shape index (κ1) is 7.32. The van der Waals surface area contributed by atoms with Crippen LogP contribution in [0.2, 0.25) is 0 Å². The number of ether oxygens (including phenoxy) is 1. The van der Waals surface area contributed by atoms with Gasteiger partial charge in [-0.05, 0) is 0 Å². The Labute approximate surface area is 47.1 Å². The van der Waals surface area contributed by atoms with Crippen molar-refractivity contribution in [3.63, 3.8) is 0 Å². The van der Waals surface area contributed by atoms with Crippen molar-refractivity contribution < 1.29 is 9.84 Å². The number of hydrogen-bond acceptors (Lipinski definition) is 4. The van der Waals surface area contributed by atoms with Crippen LogP contribution in [0.4, 0.5) is 0 Å². The number of aliphatic hydroxyl groups excluding tert-OH is 1. The second kappa shape index (κ2) is 6.32. The minimum atomic E-state index is 0.0000907. The average molecular weight is 119 g/mol. The summed E-state index contributed by atoms with van der Waals surface area (Å²) in [6.45, 7) is 0.399. The molecule has 0 atom stereocenters. The molecule has 5 heteroatoms. The Morgan fingerprint density at radius 3 is 2.88 bits per heavy atom. The summed E-state index contributed by atoms with van der Waals surface area (Å²) in [6, 6.07) is 0. The van der Waals surface area contributed by atoms with Gasteiger partial charge in [0.1, 0.15) is 0 Å². The normalized spacial score (nSPS) is 10.6. The van der Waals surface area contributed by atoms with Crippen LogP contribution >= 0.6 is 0 Å². The number of rotatable bonds is 4. The van der Waals surface area contributed by atoms with Gasteiger partial charge >= 0.3 is 0 Å². The van der Waals surface area contributed by atoms with Gasteiger partial charge < -0.3 is 15.7 Å². The molecule has 0 aromatic rings. The van der Waals surface area contributed by atoms with Gasteiger partial charge in [-0.2, -0.15) is 0 Å². The predicted molar refractivity (Wildman–Crippen MR) is 26.9 cm³/mol. The third-order valence-electron chi connectivity index (χ3n) is 0.466. The fourth-order valence-electron chi connectivity index (χ4n) is 0.203. The molecule has 0 aromatic heterocycles. The summed E-state index contributed by atoms with van der Waals surface area (Å²) in [5.41, 5.74) is 0. The van der Waals surface area contributed by atoms with Crippen molar-refractivity contribution in [3.05, 3.63) is 0 Å². The zero-order chi connectivity index (χ0) is 6.24. The van der Waals surface area contributed by atoms with Crippen molar-refractivity contribution in [3.8, 4) is 0 Å². The van der Waals surface area contributed by atoms with E-state index < -0.39 is 0 Å². The third-order valence-corrected chi connectivity index (χ3v) is 0.466. The van der Waals surface area contributed by atoms with E-state index in [1.165, 1.54) is 0 Å². The van der Waals surface area contributed by atoms with Gasteiger partial charge in [-0.1, -0.05) is 5.22 Å². The maximum Gasteiger partial charge on any atom is 0.160 e. The lowest BCUT2D eigenvalue weighted by Crippen LogP contribution is -1.98. The molecule has 0 amide bonds. The molecular weight excluding hydrogens is 110 g/mol. The van der Waals surface area contributed by atoms with Gasteiger partial charge in [-0.25, -0.2) is 0 Å². The summed E-state index contributed by atoms with van der Waals surface area (Å²) in [5, 5.41) is 14.3. The first-order valence-corrected chi connectivity index (χ1v) is 2.17. The summed E-state index contributed by atoms with van der Waals surface area (Å²) in [5.74, 6) is 4.63. The Kier molecular flexibility index (Phi) is 5.78. The molecule has 3 N–H and O–H groups in total. The van der Waals surface area contributed by atoms with Crippen LogP contribution in [0.15, 0.2) is 10.3 Å². The van der Waals surface area contributed by atoms with E-state index in [1.807, 2.05) is 0 Å². The van der Waals surface area contributed by atoms with Crippen molar-refractivity contribution in [1.29, 1.82) is 0 Å². The standard InChI is InChI=1S/C3H9N3O2/c4-6-5-3-8-2-1-7/h7H,1-3H2,(H2,4,5). The molecule has 0 radical (unpaired) electrons. The molecule has 0 aliphatic heterocycles. The minimum absolute atomic E-state index is 0.0000907. The zero-order valence-electron chi connectivity index (χ0n) is 4.45. The van der Waals surface area contributed by atoms with Crippen molar-refractivity contribution in [1.82, 2.24) is 0 Å². The molecule has 0 saturated carbocycles. The fourth-order valence-corrected chi connectivity index (χ4v) is 0.203. The van der Waals surface area contributed by atoms with E-state index >= 15 is 0 Å². The summed E-state index contributed by atoms with van der Waals surface area (Å²) < 4.78 is 4.63.